The molecule has 1 heteroatoms. The molecule has 0 bridgehead atoms. The number of benzene rings is 1. The quantitative estimate of drug-likeness (QED) is 0.647. The molecule has 0 amide bonds. The van der Waals surface area contributed by atoms with Gasteiger partial charge in [-0.15, -0.1) is 0 Å². The predicted octanol–water partition coefficient (Wildman–Crippen LogP) is 2.17. The lowest BCUT2D eigenvalue weighted by Crippen LogP contribution is -1.95. The van der Waals surface area contributed by atoms with Gasteiger partial charge in [0.2, 0.25) is 0 Å². The van der Waals surface area contributed by atoms with Crippen molar-refractivity contribution in [3.8, 4) is 11.8 Å². The fraction of sp³-hybridized carbons (Fsp3) is 0.333. The van der Waals surface area contributed by atoms with Crippen molar-refractivity contribution in [2.45, 2.75) is 25.9 Å². The Morgan fingerprint density at radius 2 is 1.69 bits per heavy atom. The van der Waals surface area contributed by atoms with Crippen LogP contribution in [0.4, 0.5) is 0 Å². The molecule has 0 unspecified atom stereocenters. The van der Waals surface area contributed by atoms with Crippen LogP contribution in [0.1, 0.15) is 25.3 Å². The SMILES string of the molecule is C[C@H](O)C#C[C@@H](C)c1ccccc1. The minimum Gasteiger partial charge on any atom is -0.381 e. The maximum absolute atomic E-state index is 8.97. The van der Waals surface area contributed by atoms with Crippen LogP contribution in [0.2, 0.25) is 0 Å². The van der Waals surface area contributed by atoms with Crippen LogP contribution in [0.15, 0.2) is 30.3 Å². The number of rotatable bonds is 1. The average Bonchev–Trinajstić information content (AvgIpc) is 2.15. The number of aliphatic hydroxyl groups is 1. The highest BCUT2D eigenvalue weighted by Gasteiger charge is 1.99. The van der Waals surface area contributed by atoms with E-state index in [1.54, 1.807) is 6.92 Å². The van der Waals surface area contributed by atoms with Gasteiger partial charge in [-0.25, -0.2) is 0 Å². The summed E-state index contributed by atoms with van der Waals surface area (Å²) in [5, 5.41) is 8.97. The summed E-state index contributed by atoms with van der Waals surface area (Å²) in [6, 6.07) is 10.1. The maximum Gasteiger partial charge on any atom is 0.111 e. The van der Waals surface area contributed by atoms with Crippen LogP contribution in [0.25, 0.3) is 0 Å². The van der Waals surface area contributed by atoms with Crippen molar-refractivity contribution in [3.63, 3.8) is 0 Å². The summed E-state index contributed by atoms with van der Waals surface area (Å²) in [7, 11) is 0. The van der Waals surface area contributed by atoms with Crippen molar-refractivity contribution in [1.29, 1.82) is 0 Å². The van der Waals surface area contributed by atoms with E-state index in [0.29, 0.717) is 0 Å². The van der Waals surface area contributed by atoms with Crippen molar-refractivity contribution < 1.29 is 5.11 Å². The molecular weight excluding hydrogens is 160 g/mol. The monoisotopic (exact) mass is 174 g/mol. The Hall–Kier alpha value is -1.26. The van der Waals surface area contributed by atoms with Gasteiger partial charge in [0, 0.05) is 5.92 Å². The lowest BCUT2D eigenvalue weighted by atomic mass is 10.0. The lowest BCUT2D eigenvalue weighted by molar-refractivity contribution is 0.253. The zero-order chi connectivity index (χ0) is 9.68. The van der Waals surface area contributed by atoms with Crippen molar-refractivity contribution in [2.75, 3.05) is 0 Å². The second-order valence-electron chi connectivity index (χ2n) is 3.10. The third-order valence-corrected chi connectivity index (χ3v) is 1.81. The van der Waals surface area contributed by atoms with Crippen molar-refractivity contribution in [3.05, 3.63) is 35.9 Å². The first-order valence-corrected chi connectivity index (χ1v) is 4.44. The molecule has 1 aromatic rings. The van der Waals surface area contributed by atoms with E-state index < -0.39 is 6.10 Å². The molecular formula is C12H14O. The molecule has 0 spiro atoms. The van der Waals surface area contributed by atoms with Crippen LogP contribution in [-0.2, 0) is 0 Å². The van der Waals surface area contributed by atoms with E-state index in [1.807, 2.05) is 37.3 Å². The number of hydrogen-bond donors (Lipinski definition) is 1. The van der Waals surface area contributed by atoms with Gasteiger partial charge in [0.05, 0.1) is 0 Å². The van der Waals surface area contributed by atoms with Crippen LogP contribution in [0.5, 0.6) is 0 Å². The minimum atomic E-state index is -0.536. The van der Waals surface area contributed by atoms with Crippen LogP contribution in [0.3, 0.4) is 0 Å². The molecule has 0 aliphatic carbocycles. The highest BCUT2D eigenvalue weighted by molar-refractivity contribution is 5.27. The molecule has 0 aliphatic rings. The molecule has 1 N–H and O–H groups in total. The van der Waals surface area contributed by atoms with Gasteiger partial charge in [-0.1, -0.05) is 42.2 Å². The van der Waals surface area contributed by atoms with Crippen LogP contribution in [0, 0.1) is 11.8 Å². The summed E-state index contributed by atoms with van der Waals surface area (Å²) in [5.74, 6) is 5.94. The summed E-state index contributed by atoms with van der Waals surface area (Å²) < 4.78 is 0. The van der Waals surface area contributed by atoms with Gasteiger partial charge in [0.1, 0.15) is 6.10 Å². The number of hydrogen-bond acceptors (Lipinski definition) is 1. The molecule has 0 saturated carbocycles. The Labute approximate surface area is 79.4 Å². The van der Waals surface area contributed by atoms with E-state index in [0.717, 1.165) is 0 Å². The van der Waals surface area contributed by atoms with Crippen molar-refractivity contribution in [1.82, 2.24) is 0 Å². The molecule has 0 saturated heterocycles. The van der Waals surface area contributed by atoms with Gasteiger partial charge in [0.15, 0.2) is 0 Å². The first kappa shape index (κ1) is 9.83. The molecule has 1 nitrogen and oxygen atoms in total. The molecule has 13 heavy (non-hydrogen) atoms. The normalized spacial score (nSPS) is 14.1. The Kier molecular flexibility index (Phi) is 3.54. The molecule has 2 atom stereocenters. The Bertz CT molecular complexity index is 303. The summed E-state index contributed by atoms with van der Waals surface area (Å²) in [5.41, 5.74) is 1.19. The zero-order valence-corrected chi connectivity index (χ0v) is 7.99. The highest BCUT2D eigenvalue weighted by atomic mass is 16.3. The summed E-state index contributed by atoms with van der Waals surface area (Å²) in [4.78, 5) is 0. The topological polar surface area (TPSA) is 20.2 Å². The molecule has 0 fully saturated rings. The van der Waals surface area contributed by atoms with E-state index in [1.165, 1.54) is 5.56 Å². The molecule has 0 radical (unpaired) electrons. The Morgan fingerprint density at radius 3 is 2.23 bits per heavy atom. The lowest BCUT2D eigenvalue weighted by Gasteiger charge is -2.02. The summed E-state index contributed by atoms with van der Waals surface area (Å²) >= 11 is 0. The molecule has 1 rings (SSSR count). The Balaban J connectivity index is 2.71. The first-order valence-electron chi connectivity index (χ1n) is 4.44. The smallest absolute Gasteiger partial charge is 0.111 e. The van der Waals surface area contributed by atoms with E-state index in [2.05, 4.69) is 11.8 Å². The maximum atomic E-state index is 8.97. The Morgan fingerprint density at radius 1 is 1.08 bits per heavy atom. The van der Waals surface area contributed by atoms with Gasteiger partial charge in [0.25, 0.3) is 0 Å². The fourth-order valence-electron chi connectivity index (χ4n) is 1.07. The van der Waals surface area contributed by atoms with Gasteiger partial charge in [-0.05, 0) is 19.4 Å². The first-order chi connectivity index (χ1) is 6.20. The molecule has 0 aliphatic heterocycles. The second kappa shape index (κ2) is 4.69. The van der Waals surface area contributed by atoms with Crippen LogP contribution < -0.4 is 0 Å². The zero-order valence-electron chi connectivity index (χ0n) is 7.99. The van der Waals surface area contributed by atoms with E-state index in [4.69, 9.17) is 5.11 Å². The van der Waals surface area contributed by atoms with E-state index >= 15 is 0 Å². The van der Waals surface area contributed by atoms with Crippen LogP contribution >= 0.6 is 0 Å². The molecule has 0 aromatic heterocycles. The third kappa shape index (κ3) is 3.31. The molecule has 1 aromatic carbocycles. The molecule has 68 valence electrons. The van der Waals surface area contributed by atoms with Gasteiger partial charge >= 0.3 is 0 Å². The predicted molar refractivity (Wildman–Crippen MR) is 54.3 cm³/mol. The number of aliphatic hydroxyl groups excluding tert-OH is 1. The minimum absolute atomic E-state index is 0.191. The van der Waals surface area contributed by atoms with Gasteiger partial charge in [-0.2, -0.15) is 0 Å². The van der Waals surface area contributed by atoms with Crippen LogP contribution in [-0.4, -0.2) is 11.2 Å². The van der Waals surface area contributed by atoms with Gasteiger partial charge < -0.3 is 5.11 Å². The average molecular weight is 174 g/mol. The fourth-order valence-corrected chi connectivity index (χ4v) is 1.07. The summed E-state index contributed by atoms with van der Waals surface area (Å²) in [6.07, 6.45) is -0.536. The van der Waals surface area contributed by atoms with Crippen molar-refractivity contribution in [2.24, 2.45) is 0 Å². The van der Waals surface area contributed by atoms with E-state index in [-0.39, 0.29) is 5.92 Å². The van der Waals surface area contributed by atoms with Gasteiger partial charge in [-0.3, -0.25) is 0 Å². The highest BCUT2D eigenvalue weighted by Crippen LogP contribution is 2.12. The van der Waals surface area contributed by atoms with Crippen molar-refractivity contribution >= 4 is 0 Å². The molecule has 0 heterocycles. The summed E-state index contributed by atoms with van der Waals surface area (Å²) in [6.45, 7) is 3.70. The second-order valence-corrected chi connectivity index (χ2v) is 3.10. The standard InChI is InChI=1S/C12H14O/c1-10(8-9-11(2)13)12-6-4-3-5-7-12/h3-7,10-11,13H,1-2H3/t10-,11+/m1/s1. The third-order valence-electron chi connectivity index (χ3n) is 1.81. The largest absolute Gasteiger partial charge is 0.381 e. The van der Waals surface area contributed by atoms with E-state index in [9.17, 15) is 0 Å².